The molecule has 0 aliphatic carbocycles. The van der Waals surface area contributed by atoms with E-state index in [9.17, 15) is 0 Å². The Bertz CT molecular complexity index is 33.8. The first kappa shape index (κ1) is 15.7. The summed E-state index contributed by atoms with van der Waals surface area (Å²) in [5.74, 6) is 0. The normalized spacial score (nSPS) is 4.00. The van der Waals surface area contributed by atoms with Gasteiger partial charge in [-0.2, -0.15) is 0 Å². The fraction of sp³-hybridized carbons (Fsp3) is 0. The fourth-order valence-corrected chi connectivity index (χ4v) is 0. The van der Waals surface area contributed by atoms with Gasteiger partial charge in [0.2, 0.25) is 0 Å². The van der Waals surface area contributed by atoms with E-state index >= 15 is 0 Å². The van der Waals surface area contributed by atoms with Gasteiger partial charge in [-0.1, -0.05) is 0 Å². The summed E-state index contributed by atoms with van der Waals surface area (Å²) in [6.07, 6.45) is 0. The maximum atomic E-state index is 8.52. The van der Waals surface area contributed by atoms with Crippen molar-refractivity contribution < 1.29 is 60.7 Å². The molecule has 0 bridgehead atoms. The summed E-state index contributed by atoms with van der Waals surface area (Å²) < 4.78 is 8.52. The van der Waals surface area contributed by atoms with Crippen LogP contribution in [0.15, 0.2) is 0 Å². The zero-order valence-corrected chi connectivity index (χ0v) is 7.18. The Kier molecular flexibility index (Phi) is 24.8. The monoisotopic (exact) mass is 155 g/mol. The van der Waals surface area contributed by atoms with Crippen LogP contribution in [0, 0.1) is 0 Å². The molecule has 6 heteroatoms. The van der Waals surface area contributed by atoms with Crippen LogP contribution >= 0.6 is 0 Å². The molecule has 0 rings (SSSR count). The van der Waals surface area contributed by atoms with Crippen molar-refractivity contribution in [3.63, 3.8) is 0 Å². The van der Waals surface area contributed by atoms with Crippen LogP contribution in [0.2, 0.25) is 0 Å². The van der Waals surface area contributed by atoms with Gasteiger partial charge >= 0.3 is 46.6 Å². The van der Waals surface area contributed by atoms with E-state index in [-0.39, 0.29) is 46.6 Å². The summed E-state index contributed by atoms with van der Waals surface area (Å²) in [7, 11) is -3.63. The third-order valence-electron chi connectivity index (χ3n) is 0. The fourth-order valence-electron chi connectivity index (χ4n) is 0. The molecular weight excluding hydrogens is 155 g/mol. The van der Waals surface area contributed by atoms with Crippen LogP contribution in [-0.2, 0) is 21.5 Å². The molecule has 0 atom stereocenters. The number of hydrogen-bond donors (Lipinski definition) is 0. The van der Waals surface area contributed by atoms with Crippen molar-refractivity contribution in [3.05, 3.63) is 0 Å². The smallest absolute Gasteiger partial charge is 0.672 e. The van der Waals surface area contributed by atoms with Crippen LogP contribution in [-0.4, -0.2) is 9.17 Å². The van der Waals surface area contributed by atoms with E-state index in [1.807, 2.05) is 0 Å². The van der Waals surface area contributed by atoms with Gasteiger partial charge in [-0.3, -0.25) is 0 Å². The Balaban J connectivity index is -0.0000000450. The van der Waals surface area contributed by atoms with Crippen LogP contribution < -0.4 is 39.1 Å². The molecule has 0 unspecified atom stereocenters. The van der Waals surface area contributed by atoms with Crippen LogP contribution in [0.4, 0.5) is 0 Å². The first-order chi connectivity index (χ1) is 1.73. The Labute approximate surface area is 69.4 Å². The molecule has 0 aliphatic heterocycles. The standard InChI is InChI=1S/Fe.Na.O3Si/c;;1-4(2)3/q+2;+1;-2. The van der Waals surface area contributed by atoms with Crippen molar-refractivity contribution in [2.24, 2.45) is 0 Å². The van der Waals surface area contributed by atoms with Gasteiger partial charge in [-0.15, -0.1) is 0 Å². The van der Waals surface area contributed by atoms with Gasteiger partial charge in [-0.25, -0.2) is 0 Å². The first-order valence-corrected chi connectivity index (χ1v) is 1.84. The van der Waals surface area contributed by atoms with E-state index in [0.29, 0.717) is 0 Å². The van der Waals surface area contributed by atoms with E-state index in [2.05, 4.69) is 0 Å². The Hall–Kier alpha value is 1.14. The number of hydrogen-bond acceptors (Lipinski definition) is 3. The molecular formula is FeNaO3Si+. The van der Waals surface area contributed by atoms with Gasteiger partial charge in [0.15, 0.2) is 0 Å². The van der Waals surface area contributed by atoms with Crippen molar-refractivity contribution in [2.75, 3.05) is 0 Å². The van der Waals surface area contributed by atoms with E-state index in [1.54, 1.807) is 0 Å². The quantitative estimate of drug-likeness (QED) is 0.327. The average Bonchev–Trinajstić information content (AvgIpc) is 0.811. The predicted octanol–water partition coefficient (Wildman–Crippen LogP) is -5.88. The van der Waals surface area contributed by atoms with Gasteiger partial charge in [0.1, 0.15) is 0 Å². The first-order valence-electron chi connectivity index (χ1n) is 0.612. The second kappa shape index (κ2) is 9.46. The summed E-state index contributed by atoms with van der Waals surface area (Å²) in [6.45, 7) is 0. The molecule has 0 aromatic carbocycles. The van der Waals surface area contributed by atoms with Gasteiger partial charge in [0.25, 0.3) is 0 Å². The van der Waals surface area contributed by atoms with Gasteiger partial charge in [0.05, 0.1) is 0 Å². The van der Waals surface area contributed by atoms with Crippen LogP contribution in [0.1, 0.15) is 0 Å². The van der Waals surface area contributed by atoms with Crippen molar-refractivity contribution in [3.8, 4) is 0 Å². The molecule has 30 valence electrons. The Morgan fingerprint density at radius 3 is 1.33 bits per heavy atom. The third kappa shape index (κ3) is 68.1. The van der Waals surface area contributed by atoms with Gasteiger partial charge in [-0.05, 0) is 0 Å². The molecule has 0 amide bonds. The van der Waals surface area contributed by atoms with Crippen molar-refractivity contribution >= 4 is 9.17 Å². The second-order valence-electron chi connectivity index (χ2n) is 0.250. The molecule has 0 saturated carbocycles. The summed E-state index contributed by atoms with van der Waals surface area (Å²) in [4.78, 5) is 17.0. The largest absolute Gasteiger partial charge is 2.00 e. The van der Waals surface area contributed by atoms with E-state index in [0.717, 1.165) is 0 Å². The molecule has 6 heavy (non-hydrogen) atoms. The minimum absolute atomic E-state index is 0. The molecule has 0 N–H and O–H groups in total. The van der Waals surface area contributed by atoms with Gasteiger partial charge in [0, 0.05) is 9.17 Å². The minimum atomic E-state index is -3.63. The summed E-state index contributed by atoms with van der Waals surface area (Å²) >= 11 is 0. The average molecular weight is 155 g/mol. The van der Waals surface area contributed by atoms with E-state index in [4.69, 9.17) is 14.1 Å². The van der Waals surface area contributed by atoms with E-state index in [1.165, 1.54) is 0 Å². The summed E-state index contributed by atoms with van der Waals surface area (Å²) in [6, 6.07) is 0. The third-order valence-corrected chi connectivity index (χ3v) is 0. The maximum Gasteiger partial charge on any atom is 2.00 e. The molecule has 0 spiro atoms. The predicted molar refractivity (Wildman–Crippen MR) is 6.44 cm³/mol. The molecule has 0 aromatic heterocycles. The van der Waals surface area contributed by atoms with Crippen LogP contribution in [0.5, 0.6) is 0 Å². The Morgan fingerprint density at radius 1 is 1.33 bits per heavy atom. The number of rotatable bonds is 0. The second-order valence-corrected chi connectivity index (χ2v) is 0.750. The molecule has 0 aromatic rings. The zero-order chi connectivity index (χ0) is 3.58. The summed E-state index contributed by atoms with van der Waals surface area (Å²) in [5.41, 5.74) is 0. The topological polar surface area (TPSA) is 63.2 Å². The van der Waals surface area contributed by atoms with Crippen LogP contribution in [0.3, 0.4) is 0 Å². The van der Waals surface area contributed by atoms with Crippen molar-refractivity contribution in [2.45, 2.75) is 0 Å². The molecule has 0 saturated heterocycles. The van der Waals surface area contributed by atoms with Crippen molar-refractivity contribution in [1.29, 1.82) is 0 Å². The Morgan fingerprint density at radius 2 is 1.33 bits per heavy atom. The van der Waals surface area contributed by atoms with Gasteiger partial charge < -0.3 is 14.1 Å². The molecule has 3 nitrogen and oxygen atoms in total. The molecule has 0 heterocycles. The van der Waals surface area contributed by atoms with Crippen LogP contribution in [0.25, 0.3) is 0 Å². The molecule has 0 radical (unpaired) electrons. The minimum Gasteiger partial charge on any atom is -0.672 e. The molecule has 0 fully saturated rings. The maximum absolute atomic E-state index is 8.52. The zero-order valence-electron chi connectivity index (χ0n) is 3.08. The van der Waals surface area contributed by atoms with E-state index < -0.39 is 9.17 Å². The molecule has 0 aliphatic rings. The summed E-state index contributed by atoms with van der Waals surface area (Å²) in [5, 5.41) is 0. The van der Waals surface area contributed by atoms with Crippen molar-refractivity contribution in [1.82, 2.24) is 0 Å². The SMILES string of the molecule is O=[Si]([O-])[O-].[Fe+2].[Na+].